The van der Waals surface area contributed by atoms with Gasteiger partial charge in [0.25, 0.3) is 0 Å². The Labute approximate surface area is 43.5 Å². The van der Waals surface area contributed by atoms with Gasteiger partial charge < -0.3 is 0 Å². The maximum atomic E-state index is 5.36. The first kappa shape index (κ1) is 5.85. The molecule has 0 aliphatic rings. The Morgan fingerprint density at radius 3 is 2.33 bits per heavy atom. The normalized spacial score (nSPS) is 11.8. The highest BCUT2D eigenvalue weighted by molar-refractivity contribution is 6.22. The first-order chi connectivity index (χ1) is 2.77. The van der Waals surface area contributed by atoms with Crippen LogP contribution in [-0.4, -0.2) is 5.38 Å². The molecule has 0 N–H and O–H groups in total. The summed E-state index contributed by atoms with van der Waals surface area (Å²) in [6, 6.07) is 0. The molecular formula is C5H6Cl. The lowest BCUT2D eigenvalue weighted by Gasteiger charge is -1.79. The molecule has 1 unspecified atom stereocenters. The van der Waals surface area contributed by atoms with Crippen molar-refractivity contribution in [2.75, 3.05) is 0 Å². The SMILES string of the molecule is [CH2]C#CC(C)Cl. The van der Waals surface area contributed by atoms with Gasteiger partial charge in [-0.15, -0.1) is 17.5 Å². The van der Waals surface area contributed by atoms with Crippen molar-refractivity contribution in [2.45, 2.75) is 12.3 Å². The summed E-state index contributed by atoms with van der Waals surface area (Å²) in [4.78, 5) is 0. The maximum absolute atomic E-state index is 5.36. The first-order valence-electron chi connectivity index (χ1n) is 1.69. The lowest BCUT2D eigenvalue weighted by atomic mass is 10.5. The average molecular weight is 102 g/mol. The molecule has 0 aromatic heterocycles. The fourth-order valence-corrected chi connectivity index (χ4v) is 0.218. The van der Waals surface area contributed by atoms with Crippen LogP contribution in [0, 0.1) is 18.8 Å². The van der Waals surface area contributed by atoms with Gasteiger partial charge in [-0.25, -0.2) is 0 Å². The van der Waals surface area contributed by atoms with E-state index in [1.54, 1.807) is 6.92 Å². The molecule has 0 heterocycles. The van der Waals surface area contributed by atoms with Crippen molar-refractivity contribution in [3.05, 3.63) is 6.92 Å². The molecule has 0 rings (SSSR count). The summed E-state index contributed by atoms with van der Waals surface area (Å²) in [6.07, 6.45) is 0. The van der Waals surface area contributed by atoms with Crippen molar-refractivity contribution in [1.82, 2.24) is 0 Å². The predicted molar refractivity (Wildman–Crippen MR) is 28.4 cm³/mol. The Kier molecular flexibility index (Phi) is 2.98. The zero-order valence-corrected chi connectivity index (χ0v) is 4.42. The van der Waals surface area contributed by atoms with Crippen LogP contribution in [0.5, 0.6) is 0 Å². The smallest absolute Gasteiger partial charge is 0.0915 e. The standard InChI is InChI=1S/C5H6Cl/c1-3-4-5(2)6/h5H,1H2,2H3. The van der Waals surface area contributed by atoms with Gasteiger partial charge in [0.1, 0.15) is 0 Å². The molecule has 1 heteroatoms. The van der Waals surface area contributed by atoms with Gasteiger partial charge in [-0.1, -0.05) is 5.92 Å². The third-order valence-corrected chi connectivity index (χ3v) is 0.410. The van der Waals surface area contributed by atoms with E-state index in [1.165, 1.54) is 0 Å². The van der Waals surface area contributed by atoms with Crippen LogP contribution in [0.3, 0.4) is 0 Å². The Morgan fingerprint density at radius 2 is 2.33 bits per heavy atom. The molecule has 0 nitrogen and oxygen atoms in total. The zero-order valence-electron chi connectivity index (χ0n) is 3.66. The summed E-state index contributed by atoms with van der Waals surface area (Å²) in [7, 11) is 0. The van der Waals surface area contributed by atoms with Gasteiger partial charge in [0.2, 0.25) is 0 Å². The van der Waals surface area contributed by atoms with Crippen LogP contribution in [0.15, 0.2) is 0 Å². The molecule has 0 bridgehead atoms. The predicted octanol–water partition coefficient (Wildman–Crippen LogP) is 1.45. The zero-order chi connectivity index (χ0) is 4.99. The second-order valence-corrected chi connectivity index (χ2v) is 1.59. The molecule has 0 amide bonds. The first-order valence-corrected chi connectivity index (χ1v) is 2.12. The van der Waals surface area contributed by atoms with Crippen LogP contribution < -0.4 is 0 Å². The van der Waals surface area contributed by atoms with E-state index in [1.807, 2.05) is 0 Å². The lowest BCUT2D eigenvalue weighted by molar-refractivity contribution is 1.28. The van der Waals surface area contributed by atoms with E-state index in [2.05, 4.69) is 18.8 Å². The van der Waals surface area contributed by atoms with Gasteiger partial charge >= 0.3 is 0 Å². The van der Waals surface area contributed by atoms with E-state index < -0.39 is 0 Å². The van der Waals surface area contributed by atoms with Crippen LogP contribution in [0.4, 0.5) is 0 Å². The molecule has 1 radical (unpaired) electrons. The van der Waals surface area contributed by atoms with Gasteiger partial charge in [-0.2, -0.15) is 0 Å². The Bertz CT molecular complexity index is 73.7. The van der Waals surface area contributed by atoms with Gasteiger partial charge in [-0.3, -0.25) is 0 Å². The van der Waals surface area contributed by atoms with E-state index in [-0.39, 0.29) is 5.38 Å². The summed E-state index contributed by atoms with van der Waals surface area (Å²) in [5, 5.41) is -0.0532. The Morgan fingerprint density at radius 1 is 1.83 bits per heavy atom. The number of halogens is 1. The van der Waals surface area contributed by atoms with Crippen molar-refractivity contribution in [3.63, 3.8) is 0 Å². The van der Waals surface area contributed by atoms with Gasteiger partial charge in [0, 0.05) is 6.92 Å². The monoisotopic (exact) mass is 101 g/mol. The molecule has 6 heavy (non-hydrogen) atoms. The lowest BCUT2D eigenvalue weighted by Crippen LogP contribution is -1.78. The second kappa shape index (κ2) is 3.06. The third kappa shape index (κ3) is 3.85. The third-order valence-electron chi connectivity index (χ3n) is 0.301. The molecule has 0 aromatic carbocycles. The van der Waals surface area contributed by atoms with E-state index in [0.29, 0.717) is 0 Å². The highest BCUT2D eigenvalue weighted by Crippen LogP contribution is 1.86. The van der Waals surface area contributed by atoms with Gasteiger partial charge in [-0.05, 0) is 6.92 Å². The minimum absolute atomic E-state index is 0.0532. The number of hydrogen-bond donors (Lipinski definition) is 0. The highest BCUT2D eigenvalue weighted by Gasteiger charge is 1.79. The molecule has 0 fully saturated rings. The van der Waals surface area contributed by atoms with E-state index >= 15 is 0 Å². The molecular weight excluding hydrogens is 95.5 g/mol. The topological polar surface area (TPSA) is 0 Å². The quantitative estimate of drug-likeness (QED) is 0.320. The molecule has 0 aliphatic carbocycles. The molecule has 1 atom stereocenters. The van der Waals surface area contributed by atoms with Gasteiger partial charge in [0.05, 0.1) is 5.38 Å². The van der Waals surface area contributed by atoms with Crippen molar-refractivity contribution in [1.29, 1.82) is 0 Å². The minimum Gasteiger partial charge on any atom is -0.109 e. The molecule has 0 aromatic rings. The van der Waals surface area contributed by atoms with E-state index in [9.17, 15) is 0 Å². The number of hydrogen-bond acceptors (Lipinski definition) is 0. The average Bonchev–Trinajstić information content (AvgIpc) is 1.35. The number of alkyl halides is 1. The molecule has 0 saturated carbocycles. The van der Waals surface area contributed by atoms with Crippen molar-refractivity contribution < 1.29 is 0 Å². The molecule has 0 spiro atoms. The molecule has 33 valence electrons. The largest absolute Gasteiger partial charge is 0.109 e. The summed E-state index contributed by atoms with van der Waals surface area (Å²) in [5.41, 5.74) is 0. The highest BCUT2D eigenvalue weighted by atomic mass is 35.5. The summed E-state index contributed by atoms with van der Waals surface area (Å²) < 4.78 is 0. The molecule has 0 saturated heterocycles. The maximum Gasteiger partial charge on any atom is 0.0915 e. The summed E-state index contributed by atoms with van der Waals surface area (Å²) >= 11 is 5.36. The summed E-state index contributed by atoms with van der Waals surface area (Å²) in [6.45, 7) is 5.09. The van der Waals surface area contributed by atoms with Crippen LogP contribution in [-0.2, 0) is 0 Å². The Balaban J connectivity index is 3.20. The fraction of sp³-hybridized carbons (Fsp3) is 0.400. The number of rotatable bonds is 0. The summed E-state index contributed by atoms with van der Waals surface area (Å²) in [5.74, 6) is 5.05. The van der Waals surface area contributed by atoms with Crippen molar-refractivity contribution >= 4 is 11.6 Å². The second-order valence-electron chi connectivity index (χ2n) is 0.937. The van der Waals surface area contributed by atoms with Crippen molar-refractivity contribution in [2.24, 2.45) is 0 Å². The van der Waals surface area contributed by atoms with E-state index in [0.717, 1.165) is 0 Å². The van der Waals surface area contributed by atoms with Crippen LogP contribution in [0.2, 0.25) is 0 Å². The van der Waals surface area contributed by atoms with Crippen LogP contribution in [0.1, 0.15) is 6.92 Å². The minimum atomic E-state index is -0.0532. The van der Waals surface area contributed by atoms with Crippen molar-refractivity contribution in [3.8, 4) is 11.8 Å². The van der Waals surface area contributed by atoms with Crippen LogP contribution >= 0.6 is 11.6 Å². The van der Waals surface area contributed by atoms with Crippen LogP contribution in [0.25, 0.3) is 0 Å². The van der Waals surface area contributed by atoms with Gasteiger partial charge in [0.15, 0.2) is 0 Å². The molecule has 0 aliphatic heterocycles. The fourth-order valence-electron chi connectivity index (χ4n) is 0.141. The Hall–Kier alpha value is -0.150. The van der Waals surface area contributed by atoms with E-state index in [4.69, 9.17) is 11.6 Å².